The van der Waals surface area contributed by atoms with Crippen LogP contribution in [0.25, 0.3) is 6.08 Å². The maximum atomic E-state index is 13.3. The Bertz CT molecular complexity index is 1060. The number of hydrogen-bond donors (Lipinski definition) is 1. The fourth-order valence-corrected chi connectivity index (χ4v) is 3.56. The molecule has 2 heterocycles. The van der Waals surface area contributed by atoms with Crippen molar-refractivity contribution in [3.63, 3.8) is 0 Å². The molecule has 1 fully saturated rings. The molecule has 2 aromatic rings. The number of aryl methyl sites for hydroxylation is 1. The average Bonchev–Trinajstić information content (AvgIpc) is 3.18. The summed E-state index contributed by atoms with van der Waals surface area (Å²) in [5.41, 5.74) is 2.06. The van der Waals surface area contributed by atoms with E-state index >= 15 is 0 Å². The van der Waals surface area contributed by atoms with Gasteiger partial charge in [0.1, 0.15) is 11.3 Å². The molecule has 8 heteroatoms. The SMILES string of the molecule is CCc1ccccc1N1C(=O)/C(=C\c2cc3c(cc2OC)OCO3)C(=O)NC1=S. The number of para-hydroxylation sites is 1. The molecule has 0 atom stereocenters. The summed E-state index contributed by atoms with van der Waals surface area (Å²) in [6.07, 6.45) is 2.19. The van der Waals surface area contributed by atoms with E-state index in [2.05, 4.69) is 5.32 Å². The van der Waals surface area contributed by atoms with Gasteiger partial charge in [-0.25, -0.2) is 0 Å². The van der Waals surface area contributed by atoms with Crippen LogP contribution in [0.1, 0.15) is 18.1 Å². The monoisotopic (exact) mass is 410 g/mol. The molecule has 0 unspecified atom stereocenters. The fourth-order valence-electron chi connectivity index (χ4n) is 3.29. The maximum Gasteiger partial charge on any atom is 0.270 e. The minimum Gasteiger partial charge on any atom is -0.496 e. The highest BCUT2D eigenvalue weighted by atomic mass is 32.1. The molecule has 0 aliphatic carbocycles. The molecule has 2 aliphatic heterocycles. The van der Waals surface area contributed by atoms with Crippen molar-refractivity contribution in [2.75, 3.05) is 18.8 Å². The summed E-state index contributed by atoms with van der Waals surface area (Å²) in [6.45, 7) is 2.09. The third-order valence-corrected chi connectivity index (χ3v) is 5.02. The smallest absolute Gasteiger partial charge is 0.270 e. The van der Waals surface area contributed by atoms with E-state index in [4.69, 9.17) is 26.4 Å². The molecule has 0 radical (unpaired) electrons. The third-order valence-electron chi connectivity index (χ3n) is 4.74. The van der Waals surface area contributed by atoms with Crippen molar-refractivity contribution < 1.29 is 23.8 Å². The number of carbonyl (C=O) groups is 2. The standard InChI is InChI=1S/C21H18N2O5S/c1-3-12-6-4-5-7-15(12)23-20(25)14(19(24)22-21(23)29)8-13-9-17-18(28-11-27-17)10-16(13)26-2/h4-10H,3,11H2,1-2H3,(H,22,24,29)/b14-8-. The molecular weight excluding hydrogens is 392 g/mol. The largest absolute Gasteiger partial charge is 0.496 e. The number of fused-ring (bicyclic) bond motifs is 1. The highest BCUT2D eigenvalue weighted by molar-refractivity contribution is 7.80. The van der Waals surface area contributed by atoms with Crippen LogP contribution in [0.4, 0.5) is 5.69 Å². The predicted molar refractivity (Wildman–Crippen MR) is 111 cm³/mol. The minimum absolute atomic E-state index is 0.0516. The number of nitrogens with zero attached hydrogens (tertiary/aromatic N) is 1. The molecular formula is C21H18N2O5S. The van der Waals surface area contributed by atoms with E-state index in [0.717, 1.165) is 5.56 Å². The zero-order valence-electron chi connectivity index (χ0n) is 15.9. The highest BCUT2D eigenvalue weighted by Crippen LogP contribution is 2.39. The molecule has 2 aliphatic rings. The van der Waals surface area contributed by atoms with Crippen LogP contribution < -0.4 is 24.4 Å². The fraction of sp³-hybridized carbons (Fsp3) is 0.190. The lowest BCUT2D eigenvalue weighted by molar-refractivity contribution is -0.122. The van der Waals surface area contributed by atoms with E-state index in [0.29, 0.717) is 34.9 Å². The molecule has 0 bridgehead atoms. The van der Waals surface area contributed by atoms with Gasteiger partial charge in [0.05, 0.1) is 12.8 Å². The molecule has 2 amide bonds. The number of anilines is 1. The van der Waals surface area contributed by atoms with Crippen LogP contribution in [-0.2, 0) is 16.0 Å². The number of benzene rings is 2. The van der Waals surface area contributed by atoms with Gasteiger partial charge in [-0.3, -0.25) is 19.8 Å². The van der Waals surface area contributed by atoms with Crippen molar-refractivity contribution in [1.82, 2.24) is 5.32 Å². The average molecular weight is 410 g/mol. The Kier molecular flexibility index (Phi) is 4.94. The number of amides is 2. The minimum atomic E-state index is -0.565. The van der Waals surface area contributed by atoms with Crippen molar-refractivity contribution in [2.24, 2.45) is 0 Å². The van der Waals surface area contributed by atoms with Gasteiger partial charge in [-0.1, -0.05) is 25.1 Å². The van der Waals surface area contributed by atoms with Crippen LogP contribution in [0.15, 0.2) is 42.0 Å². The lowest BCUT2D eigenvalue weighted by Gasteiger charge is -2.30. The van der Waals surface area contributed by atoms with Crippen molar-refractivity contribution in [2.45, 2.75) is 13.3 Å². The molecule has 29 heavy (non-hydrogen) atoms. The normalized spacial score (nSPS) is 17.0. The zero-order chi connectivity index (χ0) is 20.5. The lowest BCUT2D eigenvalue weighted by Crippen LogP contribution is -2.54. The summed E-state index contributed by atoms with van der Waals surface area (Å²) in [6, 6.07) is 10.8. The number of ether oxygens (including phenoxy) is 3. The van der Waals surface area contributed by atoms with Crippen LogP contribution in [0.2, 0.25) is 0 Å². The quantitative estimate of drug-likeness (QED) is 0.475. The van der Waals surface area contributed by atoms with Gasteiger partial charge in [0.25, 0.3) is 11.8 Å². The van der Waals surface area contributed by atoms with Crippen molar-refractivity contribution >= 4 is 40.9 Å². The number of thiocarbonyl (C=S) groups is 1. The molecule has 0 aromatic heterocycles. The first kappa shape index (κ1) is 18.9. The predicted octanol–water partition coefficient (Wildman–Crippen LogP) is 2.82. The van der Waals surface area contributed by atoms with Crippen molar-refractivity contribution in [3.05, 3.63) is 53.1 Å². The third kappa shape index (κ3) is 3.31. The first-order valence-corrected chi connectivity index (χ1v) is 9.41. The van der Waals surface area contributed by atoms with Gasteiger partial charge >= 0.3 is 0 Å². The zero-order valence-corrected chi connectivity index (χ0v) is 16.7. The van der Waals surface area contributed by atoms with Gasteiger partial charge in [-0.15, -0.1) is 0 Å². The molecule has 1 saturated heterocycles. The second kappa shape index (κ2) is 7.56. The second-order valence-electron chi connectivity index (χ2n) is 6.39. The first-order chi connectivity index (χ1) is 14.0. The summed E-state index contributed by atoms with van der Waals surface area (Å²) in [4.78, 5) is 27.2. The highest BCUT2D eigenvalue weighted by Gasteiger charge is 2.35. The Balaban J connectivity index is 1.79. The molecule has 7 nitrogen and oxygen atoms in total. The molecule has 2 aromatic carbocycles. The van der Waals surface area contributed by atoms with E-state index in [1.54, 1.807) is 18.2 Å². The Hall–Kier alpha value is -3.39. The van der Waals surface area contributed by atoms with Crippen LogP contribution in [-0.4, -0.2) is 30.8 Å². The Labute approximate surface area is 172 Å². The number of hydrogen-bond acceptors (Lipinski definition) is 6. The molecule has 0 saturated carbocycles. The Morgan fingerprint density at radius 1 is 1.21 bits per heavy atom. The molecule has 148 valence electrons. The first-order valence-electron chi connectivity index (χ1n) is 9.00. The number of nitrogens with one attached hydrogen (secondary N) is 1. The number of carbonyl (C=O) groups excluding carboxylic acids is 2. The van der Waals surface area contributed by atoms with E-state index in [9.17, 15) is 9.59 Å². The van der Waals surface area contributed by atoms with Gasteiger partial charge < -0.3 is 14.2 Å². The van der Waals surface area contributed by atoms with Crippen LogP contribution >= 0.6 is 12.2 Å². The number of rotatable bonds is 4. The topological polar surface area (TPSA) is 77.1 Å². The summed E-state index contributed by atoms with van der Waals surface area (Å²) in [5, 5.41) is 2.65. The van der Waals surface area contributed by atoms with E-state index in [-0.39, 0.29) is 17.5 Å². The number of methoxy groups -OCH3 is 1. The second-order valence-corrected chi connectivity index (χ2v) is 6.77. The molecule has 4 rings (SSSR count). The Morgan fingerprint density at radius 2 is 1.93 bits per heavy atom. The van der Waals surface area contributed by atoms with Gasteiger partial charge in [0.15, 0.2) is 16.6 Å². The van der Waals surface area contributed by atoms with Gasteiger partial charge in [0, 0.05) is 11.6 Å². The van der Waals surface area contributed by atoms with E-state index < -0.39 is 11.8 Å². The summed E-state index contributed by atoms with van der Waals surface area (Å²) < 4.78 is 16.1. The maximum absolute atomic E-state index is 13.3. The van der Waals surface area contributed by atoms with E-state index in [1.807, 2.05) is 25.1 Å². The summed E-state index contributed by atoms with van der Waals surface area (Å²) in [7, 11) is 1.50. The lowest BCUT2D eigenvalue weighted by atomic mass is 10.0. The van der Waals surface area contributed by atoms with Gasteiger partial charge in [-0.2, -0.15) is 0 Å². The summed E-state index contributed by atoms with van der Waals surface area (Å²) >= 11 is 5.29. The van der Waals surface area contributed by atoms with E-state index in [1.165, 1.54) is 18.1 Å². The molecule has 0 spiro atoms. The van der Waals surface area contributed by atoms with Crippen molar-refractivity contribution in [1.29, 1.82) is 0 Å². The van der Waals surface area contributed by atoms with Crippen LogP contribution in [0, 0.1) is 0 Å². The Morgan fingerprint density at radius 3 is 2.66 bits per heavy atom. The summed E-state index contributed by atoms with van der Waals surface area (Å²) in [5.74, 6) is 0.452. The van der Waals surface area contributed by atoms with Crippen molar-refractivity contribution in [3.8, 4) is 17.2 Å². The van der Waals surface area contributed by atoms with Gasteiger partial charge in [0.2, 0.25) is 6.79 Å². The molecule has 1 N–H and O–H groups in total. The van der Waals surface area contributed by atoms with Crippen LogP contribution in [0.3, 0.4) is 0 Å². The van der Waals surface area contributed by atoms with Crippen LogP contribution in [0.5, 0.6) is 17.2 Å². The van der Waals surface area contributed by atoms with Gasteiger partial charge in [-0.05, 0) is 42.4 Å².